The molecule has 0 aliphatic heterocycles. The second-order valence-electron chi connectivity index (χ2n) is 10.2. The molecule has 0 bridgehead atoms. The molecule has 186 valence electrons. The Bertz CT molecular complexity index is 1240. The van der Waals surface area contributed by atoms with Gasteiger partial charge in [-0.15, -0.1) is 0 Å². The van der Waals surface area contributed by atoms with Crippen molar-refractivity contribution in [1.29, 1.82) is 0 Å². The first-order valence-corrected chi connectivity index (χ1v) is 11.7. The second-order valence-corrected chi connectivity index (χ2v) is 10.2. The molecule has 4 rings (SSSR count). The summed E-state index contributed by atoms with van der Waals surface area (Å²) in [6, 6.07) is 10.9. The third-order valence-electron chi connectivity index (χ3n) is 6.52. The van der Waals surface area contributed by atoms with Crippen molar-refractivity contribution >= 4 is 34.7 Å². The Labute approximate surface area is 203 Å². The third-order valence-corrected chi connectivity index (χ3v) is 6.52. The lowest BCUT2D eigenvalue weighted by molar-refractivity contribution is -0.137. The van der Waals surface area contributed by atoms with Crippen LogP contribution in [0.2, 0.25) is 0 Å². The highest BCUT2D eigenvalue weighted by Gasteiger charge is 2.35. The van der Waals surface area contributed by atoms with E-state index in [9.17, 15) is 18.0 Å². The molecular formula is C27H30F3N3O2. The Kier molecular flexibility index (Phi) is 6.66. The topological polar surface area (TPSA) is 56.1 Å². The van der Waals surface area contributed by atoms with Gasteiger partial charge in [-0.05, 0) is 78.6 Å². The number of carbonyl (C=O) groups excluding carboxylic acids is 1. The van der Waals surface area contributed by atoms with E-state index in [1.165, 1.54) is 25.3 Å². The summed E-state index contributed by atoms with van der Waals surface area (Å²) < 4.78 is 45.9. The minimum atomic E-state index is -4.39. The Morgan fingerprint density at radius 1 is 1.17 bits per heavy atom. The van der Waals surface area contributed by atoms with Crippen LogP contribution >= 0.6 is 0 Å². The number of hydrogen-bond acceptors (Lipinski definition) is 4. The van der Waals surface area contributed by atoms with Gasteiger partial charge in [0, 0.05) is 17.8 Å². The van der Waals surface area contributed by atoms with Crippen LogP contribution in [-0.2, 0) is 15.7 Å². The monoisotopic (exact) mass is 485 g/mol. The molecule has 1 aliphatic carbocycles. The van der Waals surface area contributed by atoms with Crippen LogP contribution in [0.15, 0.2) is 48.5 Å². The number of methoxy groups -OCH3 is 1. The molecule has 1 fully saturated rings. The first-order valence-electron chi connectivity index (χ1n) is 11.7. The summed E-state index contributed by atoms with van der Waals surface area (Å²) in [5, 5.41) is 3.25. The van der Waals surface area contributed by atoms with E-state index < -0.39 is 17.7 Å². The molecule has 2 unspecified atom stereocenters. The number of alkyl halides is 3. The average molecular weight is 486 g/mol. The molecule has 0 amide bonds. The van der Waals surface area contributed by atoms with Crippen molar-refractivity contribution in [3.63, 3.8) is 0 Å². The Balaban J connectivity index is 1.75. The maximum absolute atomic E-state index is 13.0. The highest BCUT2D eigenvalue weighted by atomic mass is 19.4. The van der Waals surface area contributed by atoms with Crippen molar-refractivity contribution < 1.29 is 22.7 Å². The van der Waals surface area contributed by atoms with Gasteiger partial charge in [0.2, 0.25) is 5.95 Å². The fourth-order valence-corrected chi connectivity index (χ4v) is 5.27. The summed E-state index contributed by atoms with van der Waals surface area (Å²) in [7, 11) is 1.32. The van der Waals surface area contributed by atoms with Gasteiger partial charge in [-0.25, -0.2) is 9.78 Å². The number of hydrogen-bond donors (Lipinski definition) is 1. The van der Waals surface area contributed by atoms with Gasteiger partial charge in [-0.1, -0.05) is 26.8 Å². The molecule has 2 atom stereocenters. The zero-order valence-corrected chi connectivity index (χ0v) is 20.3. The number of esters is 1. The highest BCUT2D eigenvalue weighted by Crippen LogP contribution is 2.46. The molecule has 1 saturated carbocycles. The number of nitrogens with zero attached hydrogens (tertiary/aromatic N) is 2. The van der Waals surface area contributed by atoms with Crippen molar-refractivity contribution in [3.05, 3.63) is 59.7 Å². The lowest BCUT2D eigenvalue weighted by atomic mass is 9.70. The predicted octanol–water partition coefficient (Wildman–Crippen LogP) is 7.37. The van der Waals surface area contributed by atoms with Crippen LogP contribution in [0.25, 0.3) is 17.1 Å². The Morgan fingerprint density at radius 3 is 2.51 bits per heavy atom. The molecule has 2 aromatic carbocycles. The van der Waals surface area contributed by atoms with Crippen molar-refractivity contribution in [2.24, 2.45) is 11.3 Å². The number of ether oxygens (including phenoxy) is 1. The van der Waals surface area contributed by atoms with Crippen molar-refractivity contribution in [2.45, 2.75) is 52.3 Å². The van der Waals surface area contributed by atoms with Gasteiger partial charge in [0.05, 0.1) is 23.7 Å². The van der Waals surface area contributed by atoms with E-state index in [1.807, 2.05) is 18.2 Å². The van der Waals surface area contributed by atoms with Crippen LogP contribution < -0.4 is 5.32 Å². The summed E-state index contributed by atoms with van der Waals surface area (Å²) in [6.45, 7) is 6.80. The summed E-state index contributed by atoms with van der Waals surface area (Å²) in [5.41, 5.74) is 2.47. The summed E-state index contributed by atoms with van der Waals surface area (Å²) in [6.07, 6.45) is 1.73. The van der Waals surface area contributed by atoms with E-state index in [4.69, 9.17) is 4.98 Å². The average Bonchev–Trinajstić information content (AvgIpc) is 3.12. The van der Waals surface area contributed by atoms with Crippen LogP contribution in [0, 0.1) is 11.3 Å². The Morgan fingerprint density at radius 2 is 1.89 bits per heavy atom. The Hall–Kier alpha value is -3.29. The lowest BCUT2D eigenvalue weighted by Crippen LogP contribution is -2.29. The number of anilines is 2. The number of rotatable bonds is 5. The normalized spacial score (nSPS) is 20.3. The molecule has 5 nitrogen and oxygen atoms in total. The molecule has 1 aliphatic rings. The number of benzene rings is 2. The van der Waals surface area contributed by atoms with E-state index in [-0.39, 0.29) is 11.5 Å². The first kappa shape index (κ1) is 24.8. The number of aromatic nitrogens is 2. The van der Waals surface area contributed by atoms with Crippen LogP contribution in [0.3, 0.4) is 0 Å². The van der Waals surface area contributed by atoms with E-state index in [0.29, 0.717) is 17.6 Å². The molecule has 0 saturated heterocycles. The second kappa shape index (κ2) is 9.40. The van der Waals surface area contributed by atoms with E-state index in [2.05, 4.69) is 35.4 Å². The van der Waals surface area contributed by atoms with Crippen LogP contribution in [-0.4, -0.2) is 22.6 Å². The summed E-state index contributed by atoms with van der Waals surface area (Å²) >= 11 is 0. The van der Waals surface area contributed by atoms with Crippen LogP contribution in [0.1, 0.15) is 57.2 Å². The predicted molar refractivity (Wildman–Crippen MR) is 131 cm³/mol. The number of fused-ring (bicyclic) bond motifs is 1. The van der Waals surface area contributed by atoms with E-state index >= 15 is 0 Å². The molecule has 1 aromatic heterocycles. The van der Waals surface area contributed by atoms with Crippen molar-refractivity contribution in [1.82, 2.24) is 9.55 Å². The van der Waals surface area contributed by atoms with E-state index in [1.54, 1.807) is 6.08 Å². The van der Waals surface area contributed by atoms with Gasteiger partial charge < -0.3 is 14.6 Å². The number of nitrogens with one attached hydrogen (secondary N) is 1. The molecule has 0 spiro atoms. The molecule has 8 heteroatoms. The smallest absolute Gasteiger partial charge is 0.416 e. The van der Waals surface area contributed by atoms with Crippen molar-refractivity contribution in [3.8, 4) is 0 Å². The minimum Gasteiger partial charge on any atom is -0.466 e. The highest BCUT2D eigenvalue weighted by molar-refractivity contribution is 5.88. The third kappa shape index (κ3) is 5.69. The summed E-state index contributed by atoms with van der Waals surface area (Å²) in [4.78, 5) is 16.3. The SMILES string of the molecule is COC(=O)/C=C/c1ccc2c(c1)nc(Nc1ccc(C(F)(F)F)cc1)n2C1CC(C)CC(C)(C)C1. The molecular weight excluding hydrogens is 455 g/mol. The van der Waals surface area contributed by atoms with Gasteiger partial charge in [0.15, 0.2) is 0 Å². The van der Waals surface area contributed by atoms with Gasteiger partial charge in [-0.2, -0.15) is 13.2 Å². The minimum absolute atomic E-state index is 0.160. The van der Waals surface area contributed by atoms with Gasteiger partial charge in [0.25, 0.3) is 0 Å². The molecule has 1 N–H and O–H groups in total. The maximum Gasteiger partial charge on any atom is 0.416 e. The number of carbonyl (C=O) groups is 1. The first-order chi connectivity index (χ1) is 16.4. The van der Waals surface area contributed by atoms with E-state index in [0.717, 1.165) is 48.0 Å². The maximum atomic E-state index is 13.0. The fourth-order valence-electron chi connectivity index (χ4n) is 5.27. The molecule has 0 radical (unpaired) electrons. The van der Waals surface area contributed by atoms with Crippen LogP contribution in [0.5, 0.6) is 0 Å². The molecule has 35 heavy (non-hydrogen) atoms. The van der Waals surface area contributed by atoms with Gasteiger partial charge in [0.1, 0.15) is 0 Å². The lowest BCUT2D eigenvalue weighted by Gasteiger charge is -2.40. The van der Waals surface area contributed by atoms with Crippen molar-refractivity contribution in [2.75, 3.05) is 12.4 Å². The largest absolute Gasteiger partial charge is 0.466 e. The zero-order chi connectivity index (χ0) is 25.4. The van der Waals surface area contributed by atoms with Crippen LogP contribution in [0.4, 0.5) is 24.8 Å². The summed E-state index contributed by atoms with van der Waals surface area (Å²) in [5.74, 6) is 0.671. The zero-order valence-electron chi connectivity index (χ0n) is 20.3. The molecule has 3 aromatic rings. The number of halogens is 3. The molecule has 1 heterocycles. The number of imidazole rings is 1. The fraction of sp³-hybridized carbons (Fsp3) is 0.407. The van der Waals surface area contributed by atoms with Gasteiger partial charge >= 0.3 is 12.1 Å². The van der Waals surface area contributed by atoms with Gasteiger partial charge in [-0.3, -0.25) is 0 Å². The quantitative estimate of drug-likeness (QED) is 0.303. The standard InChI is InChI=1S/C27H30F3N3O2/c1-17-13-21(16-26(2,3)15-17)33-23-11-5-18(6-12-24(34)35-4)14-22(23)32-25(33)31-20-9-7-19(8-10-20)27(28,29)30/h5-12,14,17,21H,13,15-16H2,1-4H3,(H,31,32)/b12-6+.